The lowest BCUT2D eigenvalue weighted by molar-refractivity contribution is -0.141. The third kappa shape index (κ3) is 2.66. The van der Waals surface area contributed by atoms with E-state index < -0.39 is 41.6 Å². The summed E-state index contributed by atoms with van der Waals surface area (Å²) in [5.41, 5.74) is 0.892. The number of carboxylic acids is 1. The van der Waals surface area contributed by atoms with Crippen molar-refractivity contribution in [3.63, 3.8) is 0 Å². The second-order valence-electron chi connectivity index (χ2n) is 6.92. The van der Waals surface area contributed by atoms with E-state index in [0.29, 0.717) is 18.7 Å². The number of imide groups is 2. The number of carbonyl (C=O) groups excluding carboxylic acids is 4. The molecule has 3 heterocycles. The second kappa shape index (κ2) is 6.19. The van der Waals surface area contributed by atoms with Gasteiger partial charge in [0.1, 0.15) is 6.04 Å². The van der Waals surface area contributed by atoms with Crippen molar-refractivity contribution in [2.45, 2.75) is 25.3 Å². The summed E-state index contributed by atoms with van der Waals surface area (Å²) < 4.78 is 0. The maximum atomic E-state index is 13.0. The fourth-order valence-electron chi connectivity index (χ4n) is 3.94. The SMILES string of the molecule is O=C1CCC(N2C(=O)c3cccc(N4CCC(C(=O)O)C4)c3C2=O)C(=O)N1. The maximum absolute atomic E-state index is 13.0. The smallest absolute Gasteiger partial charge is 0.308 e. The zero-order valence-corrected chi connectivity index (χ0v) is 14.3. The highest BCUT2D eigenvalue weighted by atomic mass is 16.4. The molecule has 3 aliphatic rings. The summed E-state index contributed by atoms with van der Waals surface area (Å²) in [5, 5.41) is 11.4. The fourth-order valence-corrected chi connectivity index (χ4v) is 3.94. The normalized spacial score (nSPS) is 25.0. The molecule has 0 radical (unpaired) electrons. The van der Waals surface area contributed by atoms with Crippen LogP contribution in [0.15, 0.2) is 18.2 Å². The van der Waals surface area contributed by atoms with Crippen LogP contribution in [0.3, 0.4) is 0 Å². The van der Waals surface area contributed by atoms with Crippen LogP contribution in [0.5, 0.6) is 0 Å². The molecule has 0 saturated carbocycles. The molecular formula is C18H17N3O6. The van der Waals surface area contributed by atoms with E-state index >= 15 is 0 Å². The summed E-state index contributed by atoms with van der Waals surface area (Å²) in [5.74, 6) is -3.66. The largest absolute Gasteiger partial charge is 0.481 e. The number of benzene rings is 1. The summed E-state index contributed by atoms with van der Waals surface area (Å²) in [6.45, 7) is 0.721. The Morgan fingerprint density at radius 2 is 1.89 bits per heavy atom. The fraction of sp³-hybridized carbons (Fsp3) is 0.389. The molecular weight excluding hydrogens is 354 g/mol. The molecule has 140 valence electrons. The topological polar surface area (TPSA) is 124 Å². The first-order chi connectivity index (χ1) is 12.9. The van der Waals surface area contributed by atoms with E-state index in [1.165, 1.54) is 6.07 Å². The van der Waals surface area contributed by atoms with Crippen LogP contribution in [0.4, 0.5) is 5.69 Å². The number of rotatable bonds is 3. The average molecular weight is 371 g/mol. The molecule has 2 fully saturated rings. The molecule has 27 heavy (non-hydrogen) atoms. The van der Waals surface area contributed by atoms with Gasteiger partial charge in [0.05, 0.1) is 22.7 Å². The van der Waals surface area contributed by atoms with E-state index in [1.807, 2.05) is 0 Å². The molecule has 4 rings (SSSR count). The molecule has 2 atom stereocenters. The van der Waals surface area contributed by atoms with Gasteiger partial charge in [0.2, 0.25) is 11.8 Å². The molecule has 0 spiro atoms. The molecule has 2 N–H and O–H groups in total. The number of carbonyl (C=O) groups is 5. The van der Waals surface area contributed by atoms with E-state index in [4.69, 9.17) is 0 Å². The first-order valence-electron chi connectivity index (χ1n) is 8.71. The Bertz CT molecular complexity index is 895. The Morgan fingerprint density at radius 1 is 1.11 bits per heavy atom. The lowest BCUT2D eigenvalue weighted by atomic mass is 10.0. The minimum absolute atomic E-state index is 0.0586. The van der Waals surface area contributed by atoms with Gasteiger partial charge >= 0.3 is 5.97 Å². The summed E-state index contributed by atoms with van der Waals surface area (Å²) in [7, 11) is 0. The van der Waals surface area contributed by atoms with Crippen molar-refractivity contribution in [3.8, 4) is 0 Å². The van der Waals surface area contributed by atoms with Gasteiger partial charge in [0.25, 0.3) is 11.8 Å². The zero-order chi connectivity index (χ0) is 19.3. The molecule has 1 aromatic carbocycles. The van der Waals surface area contributed by atoms with Crippen LogP contribution in [-0.2, 0) is 14.4 Å². The van der Waals surface area contributed by atoms with Crippen LogP contribution in [0, 0.1) is 5.92 Å². The monoisotopic (exact) mass is 371 g/mol. The Labute approximate surface area is 153 Å². The van der Waals surface area contributed by atoms with Gasteiger partial charge in [-0.05, 0) is 25.0 Å². The van der Waals surface area contributed by atoms with Gasteiger partial charge in [0, 0.05) is 19.5 Å². The van der Waals surface area contributed by atoms with Gasteiger partial charge in [-0.15, -0.1) is 0 Å². The highest BCUT2D eigenvalue weighted by Crippen LogP contribution is 2.36. The minimum atomic E-state index is -1.02. The number of carboxylic acid groups (broad SMARTS) is 1. The molecule has 2 unspecified atom stereocenters. The minimum Gasteiger partial charge on any atom is -0.481 e. The Hall–Kier alpha value is -3.23. The van der Waals surface area contributed by atoms with Crippen LogP contribution in [0.1, 0.15) is 40.0 Å². The van der Waals surface area contributed by atoms with E-state index in [9.17, 15) is 29.1 Å². The van der Waals surface area contributed by atoms with Gasteiger partial charge in [-0.3, -0.25) is 34.2 Å². The van der Waals surface area contributed by atoms with Gasteiger partial charge in [0.15, 0.2) is 0 Å². The van der Waals surface area contributed by atoms with E-state index in [0.717, 1.165) is 4.90 Å². The van der Waals surface area contributed by atoms with E-state index in [-0.39, 0.29) is 30.5 Å². The number of nitrogens with zero attached hydrogens (tertiary/aromatic N) is 2. The first-order valence-corrected chi connectivity index (χ1v) is 8.71. The van der Waals surface area contributed by atoms with Crippen LogP contribution in [-0.4, -0.2) is 58.7 Å². The summed E-state index contributed by atoms with van der Waals surface area (Å²) in [4.78, 5) is 63.2. The molecule has 2 saturated heterocycles. The highest BCUT2D eigenvalue weighted by molar-refractivity contribution is 6.25. The number of hydrogen-bond donors (Lipinski definition) is 2. The van der Waals surface area contributed by atoms with Crippen molar-refractivity contribution in [3.05, 3.63) is 29.3 Å². The van der Waals surface area contributed by atoms with Crippen LogP contribution in [0.2, 0.25) is 0 Å². The van der Waals surface area contributed by atoms with Gasteiger partial charge in [-0.2, -0.15) is 0 Å². The lowest BCUT2D eigenvalue weighted by Gasteiger charge is -2.28. The molecule has 0 bridgehead atoms. The maximum Gasteiger partial charge on any atom is 0.308 e. The van der Waals surface area contributed by atoms with Crippen molar-refractivity contribution >= 4 is 35.3 Å². The van der Waals surface area contributed by atoms with Gasteiger partial charge < -0.3 is 10.0 Å². The van der Waals surface area contributed by atoms with Crippen molar-refractivity contribution in [2.24, 2.45) is 5.92 Å². The third-order valence-electron chi connectivity index (χ3n) is 5.32. The predicted octanol–water partition coefficient (Wildman–Crippen LogP) is -0.00130. The zero-order valence-electron chi connectivity index (χ0n) is 14.3. The number of fused-ring (bicyclic) bond motifs is 1. The van der Waals surface area contributed by atoms with Crippen LogP contribution < -0.4 is 10.2 Å². The summed E-state index contributed by atoms with van der Waals surface area (Å²) in [6, 6.07) is 3.83. The Balaban J connectivity index is 1.67. The van der Waals surface area contributed by atoms with Crippen LogP contribution >= 0.6 is 0 Å². The molecule has 3 aliphatic heterocycles. The number of piperidine rings is 1. The first kappa shape index (κ1) is 17.2. The molecule has 0 aliphatic carbocycles. The van der Waals surface area contributed by atoms with Crippen molar-refractivity contribution < 1.29 is 29.1 Å². The van der Waals surface area contributed by atoms with Gasteiger partial charge in [-0.1, -0.05) is 6.07 Å². The molecule has 1 aromatic rings. The molecule has 0 aromatic heterocycles. The summed E-state index contributed by atoms with van der Waals surface area (Å²) in [6.07, 6.45) is 0.608. The Morgan fingerprint density at radius 3 is 2.56 bits per heavy atom. The Kier molecular flexibility index (Phi) is 3.94. The van der Waals surface area contributed by atoms with Crippen molar-refractivity contribution in [1.29, 1.82) is 0 Å². The number of aliphatic carboxylic acids is 1. The van der Waals surface area contributed by atoms with Crippen molar-refractivity contribution in [1.82, 2.24) is 10.2 Å². The highest BCUT2D eigenvalue weighted by Gasteiger charge is 2.46. The number of anilines is 1. The molecule has 9 heteroatoms. The van der Waals surface area contributed by atoms with E-state index in [1.54, 1.807) is 17.0 Å². The number of nitrogens with one attached hydrogen (secondary N) is 1. The third-order valence-corrected chi connectivity index (χ3v) is 5.32. The standard InChI is InChI=1S/C18H17N3O6/c22-13-5-4-12(15(23)19-13)21-16(24)10-2-1-3-11(14(10)17(21)25)20-7-6-9(8-20)18(26)27/h1-3,9,12H,4-8H2,(H,26,27)(H,19,22,23). The van der Waals surface area contributed by atoms with Gasteiger partial charge in [-0.25, -0.2) is 0 Å². The number of hydrogen-bond acceptors (Lipinski definition) is 6. The van der Waals surface area contributed by atoms with E-state index in [2.05, 4.69) is 5.32 Å². The van der Waals surface area contributed by atoms with Crippen LogP contribution in [0.25, 0.3) is 0 Å². The molecule has 4 amide bonds. The lowest BCUT2D eigenvalue weighted by Crippen LogP contribution is -2.54. The molecule has 9 nitrogen and oxygen atoms in total. The average Bonchev–Trinajstić information content (AvgIpc) is 3.21. The number of amides is 4. The summed E-state index contributed by atoms with van der Waals surface area (Å²) >= 11 is 0. The second-order valence-corrected chi connectivity index (χ2v) is 6.92. The predicted molar refractivity (Wildman–Crippen MR) is 91.1 cm³/mol. The van der Waals surface area contributed by atoms with Crippen molar-refractivity contribution in [2.75, 3.05) is 18.0 Å². The quantitative estimate of drug-likeness (QED) is 0.717.